The van der Waals surface area contributed by atoms with Crippen molar-refractivity contribution < 1.29 is 9.90 Å². The number of anilines is 1. The van der Waals surface area contributed by atoms with Gasteiger partial charge in [0.2, 0.25) is 5.95 Å². The van der Waals surface area contributed by atoms with E-state index in [0.717, 1.165) is 19.5 Å². The minimum absolute atomic E-state index is 0.0870. The van der Waals surface area contributed by atoms with Crippen LogP contribution in [0, 0.1) is 5.92 Å². The molecule has 0 amide bonds. The SMILES string of the molecule is CC1CCCN(c2nc3ccccc3c(=O)n2CCC(=O)O)C1. The smallest absolute Gasteiger partial charge is 0.305 e. The van der Waals surface area contributed by atoms with Gasteiger partial charge in [0.05, 0.1) is 17.3 Å². The first-order chi connectivity index (χ1) is 11.1. The van der Waals surface area contributed by atoms with Gasteiger partial charge in [0.25, 0.3) is 5.56 Å². The summed E-state index contributed by atoms with van der Waals surface area (Å²) in [6, 6.07) is 7.23. The van der Waals surface area contributed by atoms with E-state index < -0.39 is 5.97 Å². The van der Waals surface area contributed by atoms with Crippen molar-refractivity contribution in [3.05, 3.63) is 34.6 Å². The lowest BCUT2D eigenvalue weighted by Crippen LogP contribution is -2.39. The van der Waals surface area contributed by atoms with Crippen molar-refractivity contribution in [2.75, 3.05) is 18.0 Å². The Labute approximate surface area is 134 Å². The molecule has 1 aromatic heterocycles. The highest BCUT2D eigenvalue weighted by Gasteiger charge is 2.22. The van der Waals surface area contributed by atoms with Gasteiger partial charge in [-0.1, -0.05) is 19.1 Å². The van der Waals surface area contributed by atoms with E-state index in [1.165, 1.54) is 11.0 Å². The molecule has 1 unspecified atom stereocenters. The van der Waals surface area contributed by atoms with Crippen LogP contribution in [0.5, 0.6) is 0 Å². The number of carboxylic acid groups (broad SMARTS) is 1. The summed E-state index contributed by atoms with van der Waals surface area (Å²) in [5, 5.41) is 9.51. The number of rotatable bonds is 4. The highest BCUT2D eigenvalue weighted by molar-refractivity contribution is 5.78. The van der Waals surface area contributed by atoms with Crippen LogP contribution in [0.15, 0.2) is 29.1 Å². The molecule has 6 nitrogen and oxygen atoms in total. The van der Waals surface area contributed by atoms with Crippen LogP contribution in [0.2, 0.25) is 0 Å². The lowest BCUT2D eigenvalue weighted by Gasteiger charge is -2.33. The minimum Gasteiger partial charge on any atom is -0.481 e. The first-order valence-corrected chi connectivity index (χ1v) is 8.02. The third-order valence-corrected chi connectivity index (χ3v) is 4.33. The zero-order valence-corrected chi connectivity index (χ0v) is 13.2. The van der Waals surface area contributed by atoms with Gasteiger partial charge in [-0.05, 0) is 30.9 Å². The first-order valence-electron chi connectivity index (χ1n) is 8.02. The molecule has 2 aromatic rings. The number of nitrogens with zero attached hydrogens (tertiary/aromatic N) is 3. The molecule has 2 heterocycles. The summed E-state index contributed by atoms with van der Waals surface area (Å²) >= 11 is 0. The number of fused-ring (bicyclic) bond motifs is 1. The molecule has 1 fully saturated rings. The number of carboxylic acids is 1. The van der Waals surface area contributed by atoms with Crippen LogP contribution in [0.25, 0.3) is 10.9 Å². The zero-order chi connectivity index (χ0) is 16.4. The summed E-state index contributed by atoms with van der Waals surface area (Å²) in [6.07, 6.45) is 2.14. The molecule has 0 saturated carbocycles. The molecule has 1 aliphatic rings. The van der Waals surface area contributed by atoms with Crippen molar-refractivity contribution in [3.8, 4) is 0 Å². The van der Waals surface area contributed by atoms with Crippen LogP contribution in [-0.2, 0) is 11.3 Å². The number of piperidine rings is 1. The molecule has 1 saturated heterocycles. The second-order valence-corrected chi connectivity index (χ2v) is 6.22. The fraction of sp³-hybridized carbons (Fsp3) is 0.471. The van der Waals surface area contributed by atoms with Crippen molar-refractivity contribution in [2.45, 2.75) is 32.7 Å². The molecular formula is C17H21N3O3. The van der Waals surface area contributed by atoms with Crippen LogP contribution >= 0.6 is 0 Å². The number of hydrogen-bond acceptors (Lipinski definition) is 4. The van der Waals surface area contributed by atoms with Gasteiger partial charge in [-0.25, -0.2) is 4.98 Å². The van der Waals surface area contributed by atoms with Crippen LogP contribution in [-0.4, -0.2) is 33.7 Å². The Balaban J connectivity index is 2.11. The predicted molar refractivity (Wildman–Crippen MR) is 88.9 cm³/mol. The van der Waals surface area contributed by atoms with E-state index in [1.54, 1.807) is 12.1 Å². The van der Waals surface area contributed by atoms with Crippen molar-refractivity contribution in [1.29, 1.82) is 0 Å². The lowest BCUT2D eigenvalue weighted by molar-refractivity contribution is -0.137. The van der Waals surface area contributed by atoms with Gasteiger partial charge in [0, 0.05) is 19.6 Å². The molecule has 122 valence electrons. The average molecular weight is 315 g/mol. The highest BCUT2D eigenvalue weighted by Crippen LogP contribution is 2.22. The summed E-state index contributed by atoms with van der Waals surface area (Å²) in [4.78, 5) is 30.5. The van der Waals surface area contributed by atoms with Gasteiger partial charge in [-0.3, -0.25) is 14.2 Å². The molecule has 0 spiro atoms. The Morgan fingerprint density at radius 2 is 2.17 bits per heavy atom. The van der Waals surface area contributed by atoms with Crippen molar-refractivity contribution in [3.63, 3.8) is 0 Å². The fourth-order valence-electron chi connectivity index (χ4n) is 3.18. The molecule has 1 atom stereocenters. The average Bonchev–Trinajstić information content (AvgIpc) is 2.53. The quantitative estimate of drug-likeness (QED) is 0.935. The number of carbonyl (C=O) groups is 1. The highest BCUT2D eigenvalue weighted by atomic mass is 16.4. The second-order valence-electron chi connectivity index (χ2n) is 6.22. The van der Waals surface area contributed by atoms with E-state index in [9.17, 15) is 9.59 Å². The maximum Gasteiger partial charge on any atom is 0.305 e. The standard InChI is InChI=1S/C17H21N3O3/c1-12-5-4-9-19(11-12)17-18-14-7-3-2-6-13(14)16(23)20(17)10-8-15(21)22/h2-3,6-7,12H,4-5,8-11H2,1H3,(H,21,22). The van der Waals surface area contributed by atoms with Crippen LogP contribution < -0.4 is 10.5 Å². The number of benzene rings is 1. The molecule has 6 heteroatoms. The van der Waals surface area contributed by atoms with Crippen LogP contribution in [0.1, 0.15) is 26.2 Å². The van der Waals surface area contributed by atoms with Crippen molar-refractivity contribution >= 4 is 22.8 Å². The van der Waals surface area contributed by atoms with Gasteiger partial charge in [0.15, 0.2) is 0 Å². The minimum atomic E-state index is -0.914. The number of aromatic nitrogens is 2. The van der Waals surface area contributed by atoms with Gasteiger partial charge in [0.1, 0.15) is 0 Å². The molecule has 1 aromatic carbocycles. The Hall–Kier alpha value is -2.37. The summed E-state index contributed by atoms with van der Waals surface area (Å²) in [6.45, 7) is 4.03. The van der Waals surface area contributed by atoms with Gasteiger partial charge in [-0.2, -0.15) is 0 Å². The normalized spacial score (nSPS) is 18.3. The van der Waals surface area contributed by atoms with E-state index in [2.05, 4.69) is 16.8 Å². The van der Waals surface area contributed by atoms with E-state index in [-0.39, 0.29) is 18.5 Å². The van der Waals surface area contributed by atoms with Crippen molar-refractivity contribution in [2.24, 2.45) is 5.92 Å². The predicted octanol–water partition coefficient (Wildman–Crippen LogP) is 2.11. The third kappa shape index (κ3) is 3.21. The number of aliphatic carboxylic acids is 1. The summed E-state index contributed by atoms with van der Waals surface area (Å²) < 4.78 is 1.52. The van der Waals surface area contributed by atoms with E-state index in [1.807, 2.05) is 12.1 Å². The van der Waals surface area contributed by atoms with Gasteiger partial charge >= 0.3 is 5.97 Å². The molecule has 1 N–H and O–H groups in total. The maximum atomic E-state index is 12.8. The molecular weight excluding hydrogens is 294 g/mol. The van der Waals surface area contributed by atoms with E-state index in [0.29, 0.717) is 22.8 Å². The van der Waals surface area contributed by atoms with Crippen molar-refractivity contribution in [1.82, 2.24) is 9.55 Å². The topological polar surface area (TPSA) is 75.4 Å². The van der Waals surface area contributed by atoms with Crippen LogP contribution in [0.4, 0.5) is 5.95 Å². The fourth-order valence-corrected chi connectivity index (χ4v) is 3.18. The number of hydrogen-bond donors (Lipinski definition) is 1. The van der Waals surface area contributed by atoms with Gasteiger partial charge in [-0.15, -0.1) is 0 Å². The maximum absolute atomic E-state index is 12.8. The second kappa shape index (κ2) is 6.40. The summed E-state index contributed by atoms with van der Waals surface area (Å²) in [7, 11) is 0. The van der Waals surface area contributed by atoms with E-state index in [4.69, 9.17) is 5.11 Å². The molecule has 0 radical (unpaired) electrons. The molecule has 3 rings (SSSR count). The first kappa shape index (κ1) is 15.5. The van der Waals surface area contributed by atoms with E-state index >= 15 is 0 Å². The Kier molecular flexibility index (Phi) is 4.32. The largest absolute Gasteiger partial charge is 0.481 e. The lowest BCUT2D eigenvalue weighted by atomic mass is 10.0. The Bertz CT molecular complexity index is 784. The molecule has 23 heavy (non-hydrogen) atoms. The summed E-state index contributed by atoms with van der Waals surface area (Å²) in [5.74, 6) is 0.226. The Morgan fingerprint density at radius 3 is 2.91 bits per heavy atom. The summed E-state index contributed by atoms with van der Waals surface area (Å²) in [5.41, 5.74) is 0.502. The molecule has 0 aliphatic carbocycles. The monoisotopic (exact) mass is 315 g/mol. The number of para-hydroxylation sites is 1. The zero-order valence-electron chi connectivity index (χ0n) is 13.2. The Morgan fingerprint density at radius 1 is 1.39 bits per heavy atom. The van der Waals surface area contributed by atoms with Gasteiger partial charge < -0.3 is 10.0 Å². The molecule has 0 bridgehead atoms. The third-order valence-electron chi connectivity index (χ3n) is 4.33. The molecule has 1 aliphatic heterocycles. The van der Waals surface area contributed by atoms with Crippen LogP contribution in [0.3, 0.4) is 0 Å².